The predicted molar refractivity (Wildman–Crippen MR) is 73.3 cm³/mol. The molecule has 16 heavy (non-hydrogen) atoms. The number of hydrogen-bond acceptors (Lipinski definition) is 0. The molecule has 0 amide bonds. The fourth-order valence-corrected chi connectivity index (χ4v) is 1.35. The summed E-state index contributed by atoms with van der Waals surface area (Å²) < 4.78 is 0. The normalized spacial score (nSPS) is 11.1. The van der Waals surface area contributed by atoms with Gasteiger partial charge < -0.3 is 0 Å². The second kappa shape index (κ2) is 6.62. The summed E-state index contributed by atoms with van der Waals surface area (Å²) in [6.07, 6.45) is 10.8. The van der Waals surface area contributed by atoms with Gasteiger partial charge in [0.2, 0.25) is 0 Å². The maximum absolute atomic E-state index is 3.92. The van der Waals surface area contributed by atoms with Crippen molar-refractivity contribution < 1.29 is 0 Å². The molecular formula is C16H18. The molecule has 0 bridgehead atoms. The first kappa shape index (κ1) is 12.3. The monoisotopic (exact) mass is 210 g/mol. The van der Waals surface area contributed by atoms with Crippen molar-refractivity contribution in [2.75, 3.05) is 0 Å². The quantitative estimate of drug-likeness (QED) is 0.625. The second-order valence-corrected chi connectivity index (χ2v) is 3.73. The molecule has 0 saturated carbocycles. The van der Waals surface area contributed by atoms with E-state index in [-0.39, 0.29) is 0 Å². The van der Waals surface area contributed by atoms with E-state index in [4.69, 9.17) is 0 Å². The Labute approximate surface area is 98.3 Å². The van der Waals surface area contributed by atoms with E-state index >= 15 is 0 Å². The Kier molecular flexibility index (Phi) is 5.07. The van der Waals surface area contributed by atoms with Gasteiger partial charge in [-0.05, 0) is 24.5 Å². The molecule has 0 fully saturated rings. The maximum Gasteiger partial charge on any atom is -0.00943 e. The van der Waals surface area contributed by atoms with Gasteiger partial charge in [-0.1, -0.05) is 73.4 Å². The Hall–Kier alpha value is -1.82. The Morgan fingerprint density at radius 1 is 1.12 bits per heavy atom. The van der Waals surface area contributed by atoms with Crippen LogP contribution in [-0.4, -0.2) is 0 Å². The van der Waals surface area contributed by atoms with Gasteiger partial charge in [0.15, 0.2) is 0 Å². The van der Waals surface area contributed by atoms with E-state index in [1.807, 2.05) is 25.2 Å². The summed E-state index contributed by atoms with van der Waals surface area (Å²) in [5.41, 5.74) is 3.63. The molecule has 0 saturated heterocycles. The van der Waals surface area contributed by atoms with E-state index < -0.39 is 0 Å². The van der Waals surface area contributed by atoms with E-state index in [0.29, 0.717) is 0 Å². The summed E-state index contributed by atoms with van der Waals surface area (Å²) in [5, 5.41) is 0. The fourth-order valence-electron chi connectivity index (χ4n) is 1.35. The molecule has 1 aromatic carbocycles. The molecule has 82 valence electrons. The van der Waals surface area contributed by atoms with Crippen molar-refractivity contribution in [3.05, 3.63) is 78.9 Å². The minimum absolute atomic E-state index is 0.956. The highest BCUT2D eigenvalue weighted by Crippen LogP contribution is 2.12. The van der Waals surface area contributed by atoms with E-state index in [1.165, 1.54) is 11.1 Å². The summed E-state index contributed by atoms with van der Waals surface area (Å²) >= 11 is 0. The van der Waals surface area contributed by atoms with Crippen LogP contribution in [-0.2, 0) is 6.42 Å². The maximum atomic E-state index is 3.92. The number of allylic oxidation sites excluding steroid dienone is 6. The molecule has 0 heteroatoms. The zero-order valence-electron chi connectivity index (χ0n) is 9.82. The molecule has 1 rings (SSSR count). The molecule has 0 aliphatic rings. The average molecular weight is 210 g/mol. The first-order valence-electron chi connectivity index (χ1n) is 5.43. The molecule has 0 N–H and O–H groups in total. The van der Waals surface area contributed by atoms with Crippen molar-refractivity contribution in [1.82, 2.24) is 0 Å². The van der Waals surface area contributed by atoms with Gasteiger partial charge in [0, 0.05) is 0 Å². The number of hydrogen-bond donors (Lipinski definition) is 0. The van der Waals surface area contributed by atoms with Gasteiger partial charge in [0.25, 0.3) is 0 Å². The topological polar surface area (TPSA) is 0 Å². The van der Waals surface area contributed by atoms with E-state index in [9.17, 15) is 0 Å². The van der Waals surface area contributed by atoms with Gasteiger partial charge in [0.1, 0.15) is 0 Å². The Bertz CT molecular complexity index is 402. The van der Waals surface area contributed by atoms with Crippen molar-refractivity contribution in [1.29, 1.82) is 0 Å². The van der Waals surface area contributed by atoms with Crippen LogP contribution in [0, 0.1) is 0 Å². The highest BCUT2D eigenvalue weighted by atomic mass is 14.0. The van der Waals surface area contributed by atoms with Crippen LogP contribution in [0.25, 0.3) is 5.57 Å². The zero-order valence-corrected chi connectivity index (χ0v) is 9.82. The van der Waals surface area contributed by atoms with Crippen LogP contribution in [0.5, 0.6) is 0 Å². The Morgan fingerprint density at radius 2 is 1.81 bits per heavy atom. The third-order valence-electron chi connectivity index (χ3n) is 2.29. The smallest absolute Gasteiger partial charge is 0.00943 e. The third-order valence-corrected chi connectivity index (χ3v) is 2.29. The van der Waals surface area contributed by atoms with Crippen molar-refractivity contribution in [3.8, 4) is 0 Å². The molecule has 0 atom stereocenters. The van der Waals surface area contributed by atoms with Gasteiger partial charge in [0.05, 0.1) is 0 Å². The standard InChI is InChI=1S/C16H18/c1-4-5-6-7-8-9-15-10-12-16(13-11-15)14(2)3/h4-8,10-13H,1-2,9H2,3H3/b6-5-,8-7-. The van der Waals surface area contributed by atoms with Gasteiger partial charge in [-0.2, -0.15) is 0 Å². The molecule has 1 aromatic rings. The summed E-state index contributed by atoms with van der Waals surface area (Å²) in [7, 11) is 0. The summed E-state index contributed by atoms with van der Waals surface area (Å²) in [5.74, 6) is 0. The fraction of sp³-hybridized carbons (Fsp3) is 0.125. The lowest BCUT2D eigenvalue weighted by Gasteiger charge is -2.00. The lowest BCUT2D eigenvalue weighted by Crippen LogP contribution is -1.82. The molecule has 0 aliphatic carbocycles. The van der Waals surface area contributed by atoms with Crippen LogP contribution in [0.4, 0.5) is 0 Å². The van der Waals surface area contributed by atoms with Crippen molar-refractivity contribution in [2.24, 2.45) is 0 Å². The van der Waals surface area contributed by atoms with Gasteiger partial charge in [-0.25, -0.2) is 0 Å². The summed E-state index contributed by atoms with van der Waals surface area (Å²) in [6, 6.07) is 8.52. The number of benzene rings is 1. The van der Waals surface area contributed by atoms with E-state index in [2.05, 4.69) is 43.5 Å². The molecule has 0 nitrogen and oxygen atoms in total. The molecular weight excluding hydrogens is 192 g/mol. The molecule has 0 aliphatic heterocycles. The van der Waals surface area contributed by atoms with Crippen LogP contribution < -0.4 is 0 Å². The molecule has 0 radical (unpaired) electrons. The first-order valence-corrected chi connectivity index (χ1v) is 5.43. The van der Waals surface area contributed by atoms with Crippen molar-refractivity contribution in [3.63, 3.8) is 0 Å². The predicted octanol–water partition coefficient (Wildman–Crippen LogP) is 4.56. The lowest BCUT2D eigenvalue weighted by atomic mass is 10.1. The lowest BCUT2D eigenvalue weighted by molar-refractivity contribution is 1.27. The van der Waals surface area contributed by atoms with Crippen LogP contribution in [0.15, 0.2) is 67.8 Å². The zero-order chi connectivity index (χ0) is 11.8. The highest BCUT2D eigenvalue weighted by molar-refractivity contribution is 5.61. The van der Waals surface area contributed by atoms with Crippen LogP contribution in [0.1, 0.15) is 18.1 Å². The van der Waals surface area contributed by atoms with Gasteiger partial charge in [-0.3, -0.25) is 0 Å². The molecule has 0 unspecified atom stereocenters. The number of rotatable bonds is 5. The third kappa shape index (κ3) is 4.14. The summed E-state index contributed by atoms with van der Waals surface area (Å²) in [6.45, 7) is 9.55. The second-order valence-electron chi connectivity index (χ2n) is 3.73. The first-order chi connectivity index (χ1) is 7.74. The Balaban J connectivity index is 2.55. The van der Waals surface area contributed by atoms with Crippen molar-refractivity contribution in [2.45, 2.75) is 13.3 Å². The molecule has 0 aromatic heterocycles. The van der Waals surface area contributed by atoms with Crippen molar-refractivity contribution >= 4 is 5.57 Å². The van der Waals surface area contributed by atoms with Gasteiger partial charge >= 0.3 is 0 Å². The van der Waals surface area contributed by atoms with E-state index in [0.717, 1.165) is 12.0 Å². The minimum atomic E-state index is 0.956. The van der Waals surface area contributed by atoms with Gasteiger partial charge in [-0.15, -0.1) is 0 Å². The minimum Gasteiger partial charge on any atom is -0.0991 e. The largest absolute Gasteiger partial charge is 0.0991 e. The average Bonchev–Trinajstić information content (AvgIpc) is 2.29. The van der Waals surface area contributed by atoms with Crippen LogP contribution >= 0.6 is 0 Å². The van der Waals surface area contributed by atoms with E-state index in [1.54, 1.807) is 6.08 Å². The SMILES string of the molecule is C=C/C=C\C=C/Cc1ccc(C(=C)C)cc1. The highest BCUT2D eigenvalue weighted by Gasteiger charge is 1.92. The molecule has 0 spiro atoms. The summed E-state index contributed by atoms with van der Waals surface area (Å²) in [4.78, 5) is 0. The van der Waals surface area contributed by atoms with Crippen LogP contribution in [0.2, 0.25) is 0 Å². The van der Waals surface area contributed by atoms with Crippen LogP contribution in [0.3, 0.4) is 0 Å². The molecule has 0 heterocycles. The Morgan fingerprint density at radius 3 is 2.38 bits per heavy atom.